The van der Waals surface area contributed by atoms with Gasteiger partial charge in [0.05, 0.1) is 0 Å². The minimum atomic E-state index is -4.55. The minimum absolute atomic E-state index is 0.0589. The fourth-order valence-corrected chi connectivity index (χ4v) is 2.02. The first-order valence-electron chi connectivity index (χ1n) is 7.51. The molecule has 0 unspecified atom stereocenters. The second-order valence-electron chi connectivity index (χ2n) is 6.28. The third-order valence-electron chi connectivity index (χ3n) is 3.03. The molecule has 1 amide bonds. The lowest BCUT2D eigenvalue weighted by Gasteiger charge is -2.20. The van der Waals surface area contributed by atoms with Crippen molar-refractivity contribution in [3.05, 3.63) is 47.8 Å². The second kappa shape index (κ2) is 7.08. The molecule has 0 atom stereocenters. The number of aromatic nitrogens is 2. The molecule has 0 aliphatic carbocycles. The van der Waals surface area contributed by atoms with Crippen molar-refractivity contribution in [2.75, 3.05) is 0 Å². The molecule has 1 heterocycles. The third-order valence-corrected chi connectivity index (χ3v) is 3.03. The number of ether oxygens (including phenoxy) is 1. The van der Waals surface area contributed by atoms with Crippen LogP contribution in [0.5, 0.6) is 0 Å². The number of hydrogen-bond acceptors (Lipinski definition) is 4. The normalized spacial score (nSPS) is 11.9. The average Bonchev–Trinajstić information content (AvgIpc) is 2.51. The molecule has 0 aliphatic heterocycles. The van der Waals surface area contributed by atoms with E-state index in [-0.39, 0.29) is 12.4 Å². The monoisotopic (exact) mass is 353 g/mol. The average molecular weight is 353 g/mol. The van der Waals surface area contributed by atoms with Crippen LogP contribution in [0.2, 0.25) is 0 Å². The maximum absolute atomic E-state index is 12.8. The van der Waals surface area contributed by atoms with Gasteiger partial charge in [0.2, 0.25) is 0 Å². The zero-order valence-electron chi connectivity index (χ0n) is 14.0. The maximum Gasteiger partial charge on any atom is 0.433 e. The summed E-state index contributed by atoms with van der Waals surface area (Å²) in [5.41, 5.74) is -0.682. The van der Waals surface area contributed by atoms with E-state index in [1.807, 2.05) is 0 Å². The molecule has 0 radical (unpaired) electrons. The van der Waals surface area contributed by atoms with Crippen molar-refractivity contribution in [2.24, 2.45) is 0 Å². The van der Waals surface area contributed by atoms with Crippen LogP contribution in [-0.4, -0.2) is 21.7 Å². The van der Waals surface area contributed by atoms with Crippen LogP contribution in [0.15, 0.2) is 36.5 Å². The predicted octanol–water partition coefficient (Wildman–Crippen LogP) is 4.19. The largest absolute Gasteiger partial charge is 0.444 e. The lowest BCUT2D eigenvalue weighted by Crippen LogP contribution is -2.32. The van der Waals surface area contributed by atoms with Crippen molar-refractivity contribution in [1.29, 1.82) is 0 Å². The first-order valence-corrected chi connectivity index (χ1v) is 7.51. The lowest BCUT2D eigenvalue weighted by molar-refractivity contribution is -0.141. The van der Waals surface area contributed by atoms with Gasteiger partial charge in [0.1, 0.15) is 11.3 Å². The predicted molar refractivity (Wildman–Crippen MR) is 85.5 cm³/mol. The molecule has 1 aromatic carbocycles. The van der Waals surface area contributed by atoms with E-state index in [2.05, 4.69) is 15.3 Å². The van der Waals surface area contributed by atoms with Crippen LogP contribution in [0.1, 0.15) is 32.0 Å². The van der Waals surface area contributed by atoms with E-state index in [1.54, 1.807) is 45.0 Å². The molecule has 0 fully saturated rings. The van der Waals surface area contributed by atoms with E-state index < -0.39 is 23.6 Å². The fraction of sp³-hybridized carbons (Fsp3) is 0.353. The molecule has 0 spiro atoms. The summed E-state index contributed by atoms with van der Waals surface area (Å²) in [5, 5.41) is 2.57. The van der Waals surface area contributed by atoms with E-state index in [0.717, 1.165) is 12.3 Å². The Bertz CT molecular complexity index is 755. The number of alkyl halides is 3. The maximum atomic E-state index is 12.8. The molecule has 134 valence electrons. The standard InChI is InChI=1S/C17H18F3N3O2/c1-16(2,3)25-15(24)22-10-11-6-4-5-7-12(11)14-21-9-8-13(23-14)17(18,19)20/h4-9H,10H2,1-3H3,(H,22,24). The number of carbonyl (C=O) groups is 1. The quantitative estimate of drug-likeness (QED) is 0.899. The van der Waals surface area contributed by atoms with E-state index in [9.17, 15) is 18.0 Å². The Morgan fingerprint density at radius 1 is 1.16 bits per heavy atom. The zero-order chi connectivity index (χ0) is 18.7. The summed E-state index contributed by atoms with van der Waals surface area (Å²) >= 11 is 0. The van der Waals surface area contributed by atoms with Crippen LogP contribution in [-0.2, 0) is 17.5 Å². The summed E-state index contributed by atoms with van der Waals surface area (Å²) in [5.74, 6) is -0.0589. The van der Waals surface area contributed by atoms with Crippen LogP contribution in [0, 0.1) is 0 Å². The van der Waals surface area contributed by atoms with Crippen LogP contribution in [0.3, 0.4) is 0 Å². The fourth-order valence-electron chi connectivity index (χ4n) is 2.02. The van der Waals surface area contributed by atoms with Crippen molar-refractivity contribution in [3.63, 3.8) is 0 Å². The number of carbonyl (C=O) groups excluding carboxylic acids is 1. The van der Waals surface area contributed by atoms with E-state index in [4.69, 9.17) is 4.74 Å². The van der Waals surface area contributed by atoms with Crippen molar-refractivity contribution in [2.45, 2.75) is 39.1 Å². The van der Waals surface area contributed by atoms with Crippen LogP contribution >= 0.6 is 0 Å². The summed E-state index contributed by atoms with van der Waals surface area (Å²) in [6.45, 7) is 5.27. The number of alkyl carbamates (subject to hydrolysis) is 1. The molecule has 0 aliphatic rings. The zero-order valence-corrected chi connectivity index (χ0v) is 14.0. The number of amides is 1. The first-order chi connectivity index (χ1) is 11.6. The number of benzene rings is 1. The van der Waals surface area contributed by atoms with Gasteiger partial charge >= 0.3 is 12.3 Å². The summed E-state index contributed by atoms with van der Waals surface area (Å²) in [6.07, 6.45) is -4.11. The van der Waals surface area contributed by atoms with E-state index in [1.165, 1.54) is 0 Å². The molecule has 0 bridgehead atoms. The second-order valence-corrected chi connectivity index (χ2v) is 6.28. The van der Waals surface area contributed by atoms with E-state index >= 15 is 0 Å². The van der Waals surface area contributed by atoms with Crippen molar-refractivity contribution in [3.8, 4) is 11.4 Å². The number of hydrogen-bond donors (Lipinski definition) is 1. The molecular weight excluding hydrogens is 335 g/mol. The van der Waals surface area contributed by atoms with E-state index in [0.29, 0.717) is 11.1 Å². The lowest BCUT2D eigenvalue weighted by atomic mass is 10.1. The molecule has 25 heavy (non-hydrogen) atoms. The SMILES string of the molecule is CC(C)(C)OC(=O)NCc1ccccc1-c1nccc(C(F)(F)F)n1. The molecule has 5 nitrogen and oxygen atoms in total. The number of nitrogens with zero attached hydrogens (tertiary/aromatic N) is 2. The molecule has 0 saturated carbocycles. The molecule has 2 aromatic rings. The summed E-state index contributed by atoms with van der Waals surface area (Å²) < 4.78 is 43.6. The van der Waals surface area contributed by atoms with Gasteiger partial charge in [-0.15, -0.1) is 0 Å². The molecular formula is C17H18F3N3O2. The highest BCUT2D eigenvalue weighted by Gasteiger charge is 2.33. The van der Waals surface area contributed by atoms with Crippen molar-refractivity contribution >= 4 is 6.09 Å². The molecule has 0 saturated heterocycles. The summed E-state index contributed by atoms with van der Waals surface area (Å²) in [7, 11) is 0. The summed E-state index contributed by atoms with van der Waals surface area (Å²) in [4.78, 5) is 19.2. The highest BCUT2D eigenvalue weighted by atomic mass is 19.4. The molecule has 2 rings (SSSR count). The Balaban J connectivity index is 2.23. The summed E-state index contributed by atoms with van der Waals surface area (Å²) in [6, 6.07) is 7.46. The van der Waals surface area contributed by atoms with Gasteiger partial charge in [0.25, 0.3) is 0 Å². The Labute approximate surface area is 143 Å². The smallest absolute Gasteiger partial charge is 0.433 e. The Morgan fingerprint density at radius 3 is 2.48 bits per heavy atom. The number of halogens is 3. The third kappa shape index (κ3) is 5.44. The van der Waals surface area contributed by atoms with Crippen LogP contribution < -0.4 is 5.32 Å². The topological polar surface area (TPSA) is 64.1 Å². The van der Waals surface area contributed by atoms with Gasteiger partial charge in [-0.25, -0.2) is 14.8 Å². The Hall–Kier alpha value is -2.64. The van der Waals surface area contributed by atoms with Gasteiger partial charge < -0.3 is 10.1 Å². The Kier molecular flexibility index (Phi) is 5.30. The molecule has 8 heteroatoms. The van der Waals surface area contributed by atoms with Gasteiger partial charge in [-0.2, -0.15) is 13.2 Å². The van der Waals surface area contributed by atoms with Gasteiger partial charge in [-0.1, -0.05) is 24.3 Å². The highest BCUT2D eigenvalue weighted by molar-refractivity contribution is 5.68. The first kappa shape index (κ1) is 18.7. The van der Waals surface area contributed by atoms with Gasteiger partial charge in [-0.05, 0) is 32.4 Å². The van der Waals surface area contributed by atoms with Crippen LogP contribution in [0.4, 0.5) is 18.0 Å². The number of nitrogens with one attached hydrogen (secondary N) is 1. The van der Waals surface area contributed by atoms with Gasteiger partial charge in [0.15, 0.2) is 5.82 Å². The van der Waals surface area contributed by atoms with Crippen molar-refractivity contribution in [1.82, 2.24) is 15.3 Å². The molecule has 1 N–H and O–H groups in total. The highest BCUT2D eigenvalue weighted by Crippen LogP contribution is 2.29. The Morgan fingerprint density at radius 2 is 1.84 bits per heavy atom. The van der Waals surface area contributed by atoms with Gasteiger partial charge in [0, 0.05) is 18.3 Å². The van der Waals surface area contributed by atoms with Crippen molar-refractivity contribution < 1.29 is 22.7 Å². The van der Waals surface area contributed by atoms with Crippen LogP contribution in [0.25, 0.3) is 11.4 Å². The molecule has 1 aromatic heterocycles. The minimum Gasteiger partial charge on any atom is -0.444 e. The number of rotatable bonds is 3. The van der Waals surface area contributed by atoms with Gasteiger partial charge in [-0.3, -0.25) is 0 Å².